The van der Waals surface area contributed by atoms with Crippen LogP contribution in [-0.2, 0) is 9.59 Å². The summed E-state index contributed by atoms with van der Waals surface area (Å²) in [4.78, 5) is 26.0. The summed E-state index contributed by atoms with van der Waals surface area (Å²) >= 11 is 0. The molecule has 0 spiro atoms. The molecule has 38 heavy (non-hydrogen) atoms. The highest BCUT2D eigenvalue weighted by atomic mass is 16.6. The molecule has 0 saturated heterocycles. The van der Waals surface area contributed by atoms with Gasteiger partial charge in [-0.3, -0.25) is 9.59 Å². The van der Waals surface area contributed by atoms with Crippen molar-refractivity contribution in [3.05, 3.63) is 53.6 Å². The van der Waals surface area contributed by atoms with E-state index in [9.17, 15) is 9.59 Å². The van der Waals surface area contributed by atoms with E-state index in [4.69, 9.17) is 14.2 Å². The number of methoxy groups -OCH3 is 1. The molecule has 0 radical (unpaired) electrons. The fourth-order valence-electron chi connectivity index (χ4n) is 5.85. The van der Waals surface area contributed by atoms with Gasteiger partial charge in [-0.2, -0.15) is 0 Å². The molecule has 3 aliphatic rings. The second-order valence-corrected chi connectivity index (χ2v) is 11.1. The van der Waals surface area contributed by atoms with Gasteiger partial charge in [0.2, 0.25) is 5.91 Å². The van der Waals surface area contributed by atoms with Gasteiger partial charge in [-0.05, 0) is 62.9 Å². The van der Waals surface area contributed by atoms with Gasteiger partial charge in [0.05, 0.1) is 24.6 Å². The van der Waals surface area contributed by atoms with Gasteiger partial charge in [-0.15, -0.1) is 0 Å². The Morgan fingerprint density at radius 3 is 2.61 bits per heavy atom. The van der Waals surface area contributed by atoms with Crippen LogP contribution >= 0.6 is 0 Å². The van der Waals surface area contributed by atoms with Gasteiger partial charge in [0.25, 0.3) is 0 Å². The second kappa shape index (κ2) is 9.86. The number of carbonyl (C=O) groups excluding carboxylic acids is 2. The summed E-state index contributed by atoms with van der Waals surface area (Å²) in [6, 6.07) is 7.80. The third-order valence-electron chi connectivity index (χ3n) is 7.47. The van der Waals surface area contributed by atoms with Crippen molar-refractivity contribution in [3.63, 3.8) is 0 Å². The number of allylic oxidation sites excluding steroid dienone is 2. The molecular formula is C31H36N2O5. The summed E-state index contributed by atoms with van der Waals surface area (Å²) in [5.74, 6) is 1.11. The second-order valence-electron chi connectivity index (χ2n) is 11.1. The highest BCUT2D eigenvalue weighted by Gasteiger charge is 2.39. The van der Waals surface area contributed by atoms with E-state index in [0.29, 0.717) is 17.2 Å². The minimum absolute atomic E-state index is 0.0145. The molecule has 1 amide bonds. The molecule has 5 rings (SSSR count). The number of fused-ring (bicyclic) bond motifs is 5. The molecule has 0 unspecified atom stereocenters. The maximum Gasteiger partial charge on any atom is 0.311 e. The van der Waals surface area contributed by atoms with Gasteiger partial charge >= 0.3 is 5.97 Å². The highest BCUT2D eigenvalue weighted by molar-refractivity contribution is 5.93. The standard InChI is InChI=1S/C31H36N2O5/c1-18-17-31(2,3)32-21-12-11-20-27-22(38-29(28(20)26(18)21)19-9-7-8-10-19)13-14-23(30(27)36-6)37-25(35)16-15-24(34)33(4)5/h7,9,11-14,17,19,29,32H,8,10,15-16H2,1-6H3/t19-,29+/m1/s1. The van der Waals surface area contributed by atoms with Crippen LogP contribution in [0.25, 0.3) is 16.7 Å². The number of nitrogens with zero attached hydrogens (tertiary/aromatic N) is 1. The topological polar surface area (TPSA) is 77.1 Å². The van der Waals surface area contributed by atoms with Gasteiger partial charge in [0.15, 0.2) is 11.5 Å². The predicted octanol–water partition coefficient (Wildman–Crippen LogP) is 6.14. The maximum atomic E-state index is 12.6. The normalized spacial score (nSPS) is 20.2. The van der Waals surface area contributed by atoms with Crippen LogP contribution in [0, 0.1) is 5.92 Å². The molecule has 0 aromatic heterocycles. The molecule has 2 aliphatic heterocycles. The summed E-state index contributed by atoms with van der Waals surface area (Å²) in [6.07, 6.45) is 8.75. The van der Waals surface area contributed by atoms with Gasteiger partial charge in [-0.1, -0.05) is 24.3 Å². The van der Waals surface area contributed by atoms with E-state index in [2.05, 4.69) is 56.4 Å². The quantitative estimate of drug-likeness (QED) is 0.282. The SMILES string of the molecule is COc1c(OC(=O)CCC(=O)N(C)C)ccc2c1-c1ccc3c(c1[C@H]([C@@H]1C=CCC1)O2)C(C)=CC(C)(C)N3. The van der Waals surface area contributed by atoms with Crippen LogP contribution in [0.15, 0.2) is 42.5 Å². The van der Waals surface area contributed by atoms with Crippen LogP contribution in [0.3, 0.4) is 0 Å². The molecule has 2 aromatic rings. The van der Waals surface area contributed by atoms with Crippen LogP contribution in [-0.4, -0.2) is 43.5 Å². The van der Waals surface area contributed by atoms with E-state index >= 15 is 0 Å². The van der Waals surface area contributed by atoms with E-state index in [1.54, 1.807) is 27.3 Å². The molecule has 2 heterocycles. The zero-order valence-corrected chi connectivity index (χ0v) is 23.0. The van der Waals surface area contributed by atoms with Crippen molar-refractivity contribution in [1.82, 2.24) is 4.90 Å². The lowest BCUT2D eigenvalue weighted by Gasteiger charge is -2.39. The summed E-state index contributed by atoms with van der Waals surface area (Å²) in [5.41, 5.74) is 6.20. The summed E-state index contributed by atoms with van der Waals surface area (Å²) in [7, 11) is 4.90. The summed E-state index contributed by atoms with van der Waals surface area (Å²) in [6.45, 7) is 6.48. The number of ether oxygens (including phenoxy) is 3. The Balaban J connectivity index is 1.60. The van der Waals surface area contributed by atoms with E-state index in [1.807, 2.05) is 6.07 Å². The first-order chi connectivity index (χ1) is 18.1. The van der Waals surface area contributed by atoms with Gasteiger partial charge in [0.1, 0.15) is 11.9 Å². The Bertz CT molecular complexity index is 1350. The van der Waals surface area contributed by atoms with Gasteiger partial charge in [-0.25, -0.2) is 0 Å². The summed E-state index contributed by atoms with van der Waals surface area (Å²) < 4.78 is 18.3. The first-order valence-corrected chi connectivity index (χ1v) is 13.2. The van der Waals surface area contributed by atoms with Crippen LogP contribution in [0.2, 0.25) is 0 Å². The Kier molecular flexibility index (Phi) is 6.72. The number of carbonyl (C=O) groups is 2. The lowest BCUT2D eigenvalue weighted by molar-refractivity contribution is -0.138. The minimum Gasteiger partial charge on any atom is -0.492 e. The van der Waals surface area contributed by atoms with Crippen molar-refractivity contribution in [1.29, 1.82) is 0 Å². The lowest BCUT2D eigenvalue weighted by atomic mass is 9.78. The number of anilines is 1. The van der Waals surface area contributed by atoms with E-state index in [-0.39, 0.29) is 36.3 Å². The molecule has 1 aliphatic carbocycles. The zero-order chi connectivity index (χ0) is 27.2. The number of hydrogen-bond donors (Lipinski definition) is 1. The number of nitrogens with one attached hydrogen (secondary N) is 1. The highest BCUT2D eigenvalue weighted by Crippen LogP contribution is 2.56. The fraction of sp³-hybridized carbons (Fsp3) is 0.419. The molecule has 2 aromatic carbocycles. The van der Waals surface area contributed by atoms with E-state index in [1.165, 1.54) is 10.5 Å². The number of esters is 1. The number of amides is 1. The third kappa shape index (κ3) is 4.66. The summed E-state index contributed by atoms with van der Waals surface area (Å²) in [5, 5.41) is 3.67. The molecule has 0 fully saturated rings. The average molecular weight is 517 g/mol. The third-order valence-corrected chi connectivity index (χ3v) is 7.47. The number of hydrogen-bond acceptors (Lipinski definition) is 6. The minimum atomic E-state index is -0.486. The average Bonchev–Trinajstić information content (AvgIpc) is 3.40. The molecule has 0 saturated carbocycles. The van der Waals surface area contributed by atoms with Crippen molar-refractivity contribution in [3.8, 4) is 28.4 Å². The largest absolute Gasteiger partial charge is 0.492 e. The Morgan fingerprint density at radius 1 is 1.13 bits per heavy atom. The van der Waals surface area contributed by atoms with Crippen molar-refractivity contribution in [2.75, 3.05) is 26.5 Å². The molecular weight excluding hydrogens is 480 g/mol. The van der Waals surface area contributed by atoms with Crippen molar-refractivity contribution >= 4 is 23.1 Å². The molecule has 7 nitrogen and oxygen atoms in total. The zero-order valence-electron chi connectivity index (χ0n) is 23.0. The van der Waals surface area contributed by atoms with E-state index in [0.717, 1.165) is 40.8 Å². The van der Waals surface area contributed by atoms with Crippen LogP contribution < -0.4 is 19.5 Å². The lowest BCUT2D eigenvalue weighted by Crippen LogP contribution is -2.33. The molecule has 2 atom stereocenters. The molecule has 200 valence electrons. The van der Waals surface area contributed by atoms with Gasteiger partial charge < -0.3 is 24.4 Å². The number of benzene rings is 2. The molecule has 1 N–H and O–H groups in total. The maximum absolute atomic E-state index is 12.6. The van der Waals surface area contributed by atoms with Crippen molar-refractivity contribution < 1.29 is 23.8 Å². The Hall–Kier alpha value is -3.74. The smallest absolute Gasteiger partial charge is 0.311 e. The van der Waals surface area contributed by atoms with Crippen molar-refractivity contribution in [2.24, 2.45) is 5.92 Å². The molecule has 7 heteroatoms. The molecule has 0 bridgehead atoms. The Labute approximate surface area is 224 Å². The fourth-order valence-corrected chi connectivity index (χ4v) is 5.85. The van der Waals surface area contributed by atoms with Crippen molar-refractivity contribution in [2.45, 2.75) is 58.1 Å². The monoisotopic (exact) mass is 516 g/mol. The first-order valence-electron chi connectivity index (χ1n) is 13.2. The first kappa shape index (κ1) is 25.9. The predicted molar refractivity (Wildman–Crippen MR) is 149 cm³/mol. The Morgan fingerprint density at radius 2 is 1.92 bits per heavy atom. The van der Waals surface area contributed by atoms with Crippen LogP contribution in [0.4, 0.5) is 5.69 Å². The van der Waals surface area contributed by atoms with E-state index < -0.39 is 5.97 Å². The van der Waals surface area contributed by atoms with Crippen LogP contribution in [0.5, 0.6) is 17.2 Å². The number of rotatable bonds is 6. The van der Waals surface area contributed by atoms with Crippen LogP contribution in [0.1, 0.15) is 63.7 Å². The van der Waals surface area contributed by atoms with Gasteiger partial charge in [0, 0.05) is 43.2 Å².